The molecule has 33 heavy (non-hydrogen) atoms. The molecule has 2 unspecified atom stereocenters. The maximum Gasteiger partial charge on any atom is 0.409 e. The van der Waals surface area contributed by atoms with Crippen LogP contribution in [-0.2, 0) is 19.1 Å². The number of aromatic nitrogens is 1. The molecule has 13 nitrogen and oxygen atoms in total. The molecule has 3 heterocycles. The fourth-order valence-corrected chi connectivity index (χ4v) is 4.90. The summed E-state index contributed by atoms with van der Waals surface area (Å²) in [6.45, 7) is -0.0709. The predicted octanol–water partition coefficient (Wildman–Crippen LogP) is -0.103. The summed E-state index contributed by atoms with van der Waals surface area (Å²) in [6, 6.07) is -1.02. The number of nitrogens with two attached hydrogens (primary N) is 1. The number of amides is 3. The van der Waals surface area contributed by atoms with Gasteiger partial charge in [-0.2, -0.15) is 0 Å². The molecule has 2 aliphatic rings. The molecule has 0 spiro atoms. The molecular weight excluding hydrogens is 476 g/mol. The average molecular weight is 497 g/mol. The maximum atomic E-state index is 12.7. The van der Waals surface area contributed by atoms with Gasteiger partial charge in [-0.1, -0.05) is 11.2 Å². The molecule has 0 aliphatic carbocycles. The predicted molar refractivity (Wildman–Crippen MR) is 119 cm³/mol. The number of fused-ring (bicyclic) bond motifs is 1. The van der Waals surface area contributed by atoms with Crippen molar-refractivity contribution >= 4 is 57.8 Å². The van der Waals surface area contributed by atoms with Crippen LogP contribution in [0, 0.1) is 0 Å². The molecular formula is C18H20N6O7S2. The number of allylic oxidation sites excluding steroid dienone is 1. The first kappa shape index (κ1) is 24.1. The minimum Gasteiger partial charge on any atom is -0.477 e. The van der Waals surface area contributed by atoms with Gasteiger partial charge >= 0.3 is 12.1 Å². The summed E-state index contributed by atoms with van der Waals surface area (Å²) in [6.07, 6.45) is 2.42. The summed E-state index contributed by atoms with van der Waals surface area (Å²) in [5.41, 5.74) is 5.30. The van der Waals surface area contributed by atoms with E-state index in [0.717, 1.165) is 16.2 Å². The second-order valence-electron chi connectivity index (χ2n) is 6.93. The molecule has 0 aromatic carbocycles. The Morgan fingerprint density at radius 3 is 2.76 bits per heavy atom. The van der Waals surface area contributed by atoms with Gasteiger partial charge in [0.05, 0.1) is 0 Å². The molecule has 5 N–H and O–H groups in total. The molecule has 176 valence electrons. The number of nitrogens with zero attached hydrogens (tertiary/aromatic N) is 4. The Bertz CT molecular complexity index is 1080. The van der Waals surface area contributed by atoms with E-state index in [2.05, 4.69) is 15.5 Å². The number of hydrogen-bond acceptors (Lipinski definition) is 11. The Morgan fingerprint density at radius 2 is 2.18 bits per heavy atom. The number of thiazole rings is 1. The van der Waals surface area contributed by atoms with Gasteiger partial charge in [0.15, 0.2) is 10.8 Å². The SMILES string of the molecule is CN(C)C(=O)OC/C=C/C1=C(C(=O)O)N2C(=O)C(NC(=O)/C(=N\O)c3csc(N)n3)C2SC1. The van der Waals surface area contributed by atoms with Crippen LogP contribution in [0.4, 0.5) is 9.93 Å². The maximum absolute atomic E-state index is 12.7. The van der Waals surface area contributed by atoms with E-state index in [1.165, 1.54) is 48.3 Å². The molecule has 1 fully saturated rings. The molecule has 0 bridgehead atoms. The van der Waals surface area contributed by atoms with E-state index in [-0.39, 0.29) is 28.9 Å². The molecule has 1 aromatic heterocycles. The number of ether oxygens (including phenoxy) is 1. The van der Waals surface area contributed by atoms with E-state index in [4.69, 9.17) is 10.5 Å². The van der Waals surface area contributed by atoms with Gasteiger partial charge in [0.25, 0.3) is 11.8 Å². The second kappa shape index (κ2) is 9.91. The molecule has 3 rings (SSSR count). The zero-order valence-electron chi connectivity index (χ0n) is 17.4. The number of carboxylic acid groups (broad SMARTS) is 1. The third-order valence-electron chi connectivity index (χ3n) is 4.55. The van der Waals surface area contributed by atoms with Gasteiger partial charge in [-0.15, -0.1) is 23.1 Å². The highest BCUT2D eigenvalue weighted by molar-refractivity contribution is 8.00. The number of rotatable bonds is 7. The smallest absolute Gasteiger partial charge is 0.409 e. The van der Waals surface area contributed by atoms with Crippen LogP contribution >= 0.6 is 23.1 Å². The van der Waals surface area contributed by atoms with Crippen molar-refractivity contribution in [3.8, 4) is 0 Å². The molecule has 0 radical (unpaired) electrons. The lowest BCUT2D eigenvalue weighted by Gasteiger charge is -2.49. The van der Waals surface area contributed by atoms with Gasteiger partial charge in [-0.3, -0.25) is 14.5 Å². The topological polar surface area (TPSA) is 188 Å². The van der Waals surface area contributed by atoms with Gasteiger partial charge < -0.3 is 31.0 Å². The lowest BCUT2D eigenvalue weighted by Crippen LogP contribution is -2.71. The van der Waals surface area contributed by atoms with Gasteiger partial charge in [0.2, 0.25) is 0 Å². The molecule has 2 atom stereocenters. The van der Waals surface area contributed by atoms with Gasteiger partial charge in [-0.25, -0.2) is 14.6 Å². The van der Waals surface area contributed by atoms with Crippen molar-refractivity contribution in [1.29, 1.82) is 0 Å². The third-order valence-corrected chi connectivity index (χ3v) is 6.53. The number of aliphatic carboxylic acids is 1. The van der Waals surface area contributed by atoms with Crippen LogP contribution in [0.25, 0.3) is 0 Å². The number of hydrogen-bond donors (Lipinski definition) is 4. The minimum atomic E-state index is -1.31. The first-order valence-corrected chi connectivity index (χ1v) is 11.2. The molecule has 1 aromatic rings. The standard InChI is InChI=1S/C18H20N6O7S2/c1-23(2)18(29)31-5-3-4-8-6-32-15-11(14(26)24(15)12(8)16(27)28)21-13(25)10(22-30)9-7-33-17(19)20-9/h3-4,7,11,15,30H,5-6H2,1-2H3,(H2,19,20)(H,21,25)(H,27,28)/b4-3+,22-10-. The summed E-state index contributed by atoms with van der Waals surface area (Å²) >= 11 is 2.30. The van der Waals surface area contributed by atoms with Crippen LogP contribution in [-0.4, -0.2) is 92.6 Å². The van der Waals surface area contributed by atoms with Crippen molar-refractivity contribution in [3.05, 3.63) is 34.5 Å². The highest BCUT2D eigenvalue weighted by Gasteiger charge is 2.54. The van der Waals surface area contributed by atoms with Crippen molar-refractivity contribution in [3.63, 3.8) is 0 Å². The van der Waals surface area contributed by atoms with Crippen LogP contribution in [0.2, 0.25) is 0 Å². The van der Waals surface area contributed by atoms with E-state index in [1.807, 2.05) is 0 Å². The second-order valence-corrected chi connectivity index (χ2v) is 8.93. The Labute approximate surface area is 195 Å². The van der Waals surface area contributed by atoms with E-state index in [0.29, 0.717) is 5.57 Å². The van der Waals surface area contributed by atoms with E-state index >= 15 is 0 Å². The van der Waals surface area contributed by atoms with E-state index in [1.54, 1.807) is 0 Å². The molecule has 1 saturated heterocycles. The normalized spacial score (nSPS) is 20.4. The fraction of sp³-hybridized carbons (Fsp3) is 0.333. The average Bonchev–Trinajstić information content (AvgIpc) is 3.20. The Kier molecular flexibility index (Phi) is 7.23. The number of nitrogen functional groups attached to an aromatic ring is 1. The number of oxime groups is 1. The van der Waals surface area contributed by atoms with Crippen LogP contribution < -0.4 is 11.1 Å². The molecule has 3 amide bonds. The Balaban J connectivity index is 1.71. The number of carbonyl (C=O) groups is 4. The van der Waals surface area contributed by atoms with Gasteiger partial charge in [0.1, 0.15) is 29.4 Å². The van der Waals surface area contributed by atoms with Crippen LogP contribution in [0.1, 0.15) is 5.69 Å². The first-order valence-electron chi connectivity index (χ1n) is 9.31. The van der Waals surface area contributed by atoms with Crippen molar-refractivity contribution in [1.82, 2.24) is 20.1 Å². The number of nitrogens with one attached hydrogen (secondary N) is 1. The molecule has 0 saturated carbocycles. The third kappa shape index (κ3) is 4.93. The lowest BCUT2D eigenvalue weighted by molar-refractivity contribution is -0.150. The first-order chi connectivity index (χ1) is 15.6. The number of thioether (sulfide) groups is 1. The highest BCUT2D eigenvalue weighted by Crippen LogP contribution is 2.40. The minimum absolute atomic E-state index is 0.0472. The van der Waals surface area contributed by atoms with Crippen LogP contribution in [0.15, 0.2) is 34.0 Å². The number of anilines is 1. The van der Waals surface area contributed by atoms with Crippen LogP contribution in [0.3, 0.4) is 0 Å². The summed E-state index contributed by atoms with van der Waals surface area (Å²) in [7, 11) is 3.06. The summed E-state index contributed by atoms with van der Waals surface area (Å²) < 4.78 is 4.96. The quantitative estimate of drug-likeness (QED) is 0.172. The van der Waals surface area contributed by atoms with Gasteiger partial charge in [-0.05, 0) is 11.6 Å². The van der Waals surface area contributed by atoms with Gasteiger partial charge in [0, 0.05) is 25.2 Å². The number of carbonyl (C=O) groups excluding carboxylic acids is 3. The zero-order chi connectivity index (χ0) is 24.3. The number of β-lactam (4-membered cyclic amide) rings is 1. The Morgan fingerprint density at radius 1 is 1.45 bits per heavy atom. The van der Waals surface area contributed by atoms with E-state index < -0.39 is 41.0 Å². The van der Waals surface area contributed by atoms with Crippen molar-refractivity contribution < 1.29 is 34.2 Å². The van der Waals surface area contributed by atoms with Crippen LogP contribution in [0.5, 0.6) is 0 Å². The highest BCUT2D eigenvalue weighted by atomic mass is 32.2. The Hall–Kier alpha value is -3.59. The summed E-state index contributed by atoms with van der Waals surface area (Å²) in [5, 5.41) is 25.2. The fourth-order valence-electron chi connectivity index (χ4n) is 3.03. The number of carboxylic acids is 1. The van der Waals surface area contributed by atoms with Crippen molar-refractivity contribution in [2.75, 3.05) is 32.2 Å². The largest absolute Gasteiger partial charge is 0.477 e. The van der Waals surface area contributed by atoms with Crippen molar-refractivity contribution in [2.45, 2.75) is 11.4 Å². The van der Waals surface area contributed by atoms with Crippen molar-refractivity contribution in [2.24, 2.45) is 5.16 Å². The lowest BCUT2D eigenvalue weighted by atomic mass is 10.0. The monoisotopic (exact) mass is 496 g/mol. The molecule has 15 heteroatoms. The molecule has 2 aliphatic heterocycles. The zero-order valence-corrected chi connectivity index (χ0v) is 19.1. The summed E-state index contributed by atoms with van der Waals surface area (Å²) in [4.78, 5) is 54.7. The van der Waals surface area contributed by atoms with E-state index in [9.17, 15) is 29.5 Å². The summed E-state index contributed by atoms with van der Waals surface area (Å²) in [5.74, 6) is -2.54.